The molecule has 1 aliphatic heterocycles. The number of hydrogen-bond donors (Lipinski definition) is 1. The van der Waals surface area contributed by atoms with Crippen molar-refractivity contribution in [3.05, 3.63) is 34.2 Å². The van der Waals surface area contributed by atoms with E-state index >= 15 is 0 Å². The third kappa shape index (κ3) is 1.75. The van der Waals surface area contributed by atoms with Gasteiger partial charge >= 0.3 is 0 Å². The van der Waals surface area contributed by atoms with E-state index in [0.29, 0.717) is 25.3 Å². The van der Waals surface area contributed by atoms with E-state index in [1.807, 2.05) is 0 Å². The van der Waals surface area contributed by atoms with Crippen LogP contribution < -0.4 is 5.43 Å². The Morgan fingerprint density at radius 1 is 1.43 bits per heavy atom. The molecule has 1 saturated heterocycles. The lowest BCUT2D eigenvalue weighted by molar-refractivity contribution is -0.126. The molecule has 1 fully saturated rings. The number of nitrogens with one attached hydrogen (secondary N) is 1. The minimum absolute atomic E-state index is 0.0860. The number of H-pyrrole nitrogens is 1. The van der Waals surface area contributed by atoms with Gasteiger partial charge in [0.1, 0.15) is 5.78 Å². The summed E-state index contributed by atoms with van der Waals surface area (Å²) in [7, 11) is 0. The van der Waals surface area contributed by atoms with Crippen LogP contribution in [0.15, 0.2) is 23.1 Å². The molecular weight excluding hydrogens is 182 g/mol. The number of ether oxygens (including phenoxy) is 1. The Morgan fingerprint density at radius 3 is 3.00 bits per heavy atom. The predicted molar refractivity (Wildman–Crippen MR) is 50.2 cm³/mol. The molecule has 1 N–H and O–H groups in total. The molecule has 0 amide bonds. The van der Waals surface area contributed by atoms with E-state index in [1.54, 1.807) is 6.20 Å². The summed E-state index contributed by atoms with van der Waals surface area (Å²) >= 11 is 0. The molecular formula is C10H11NO3. The van der Waals surface area contributed by atoms with Gasteiger partial charge in [0.05, 0.1) is 19.1 Å². The number of rotatable bonds is 1. The van der Waals surface area contributed by atoms with Gasteiger partial charge < -0.3 is 9.72 Å². The molecule has 74 valence electrons. The largest absolute Gasteiger partial charge is 0.380 e. The fourth-order valence-electron chi connectivity index (χ4n) is 1.57. The average Bonchev–Trinajstić information content (AvgIpc) is 2.18. The zero-order chi connectivity index (χ0) is 9.97. The number of aromatic nitrogens is 1. The molecule has 0 bridgehead atoms. The molecule has 1 aromatic rings. The van der Waals surface area contributed by atoms with Crippen molar-refractivity contribution in [2.24, 2.45) is 0 Å². The zero-order valence-electron chi connectivity index (χ0n) is 7.66. The number of Topliss-reactive ketones (excluding diaryl/α,β-unsaturated/α-hetero) is 1. The molecule has 0 aromatic carbocycles. The quantitative estimate of drug-likeness (QED) is 0.704. The highest BCUT2D eigenvalue weighted by atomic mass is 16.5. The van der Waals surface area contributed by atoms with Crippen LogP contribution >= 0.6 is 0 Å². The van der Waals surface area contributed by atoms with Crippen LogP contribution in [0.25, 0.3) is 0 Å². The zero-order valence-corrected chi connectivity index (χ0v) is 7.66. The van der Waals surface area contributed by atoms with Crippen molar-refractivity contribution in [1.82, 2.24) is 4.98 Å². The first kappa shape index (κ1) is 9.15. The van der Waals surface area contributed by atoms with E-state index in [1.165, 1.54) is 12.1 Å². The lowest BCUT2D eigenvalue weighted by Crippen LogP contribution is -2.27. The van der Waals surface area contributed by atoms with Crippen molar-refractivity contribution in [3.63, 3.8) is 0 Å². The van der Waals surface area contributed by atoms with Crippen LogP contribution in [-0.4, -0.2) is 24.0 Å². The summed E-state index contributed by atoms with van der Waals surface area (Å²) in [5.74, 6) is -0.157. The maximum absolute atomic E-state index is 11.5. The van der Waals surface area contributed by atoms with E-state index in [2.05, 4.69) is 4.98 Å². The minimum Gasteiger partial charge on any atom is -0.380 e. The van der Waals surface area contributed by atoms with E-state index in [9.17, 15) is 9.59 Å². The molecule has 2 heterocycles. The first-order valence-electron chi connectivity index (χ1n) is 4.56. The second-order valence-corrected chi connectivity index (χ2v) is 3.32. The minimum atomic E-state index is -0.294. The number of pyridine rings is 1. The molecule has 1 aliphatic rings. The van der Waals surface area contributed by atoms with Crippen molar-refractivity contribution in [2.75, 3.05) is 13.2 Å². The van der Waals surface area contributed by atoms with Gasteiger partial charge in [0, 0.05) is 30.4 Å². The first-order chi connectivity index (χ1) is 6.77. The Morgan fingerprint density at radius 2 is 2.29 bits per heavy atom. The van der Waals surface area contributed by atoms with Crippen molar-refractivity contribution >= 4 is 5.78 Å². The molecule has 1 unspecified atom stereocenters. The van der Waals surface area contributed by atoms with Crippen LogP contribution in [0.5, 0.6) is 0 Å². The third-order valence-electron chi connectivity index (χ3n) is 2.34. The third-order valence-corrected chi connectivity index (χ3v) is 2.34. The molecule has 4 heteroatoms. The number of aromatic amines is 1. The Bertz CT molecular complexity index is 396. The van der Waals surface area contributed by atoms with E-state index < -0.39 is 0 Å². The number of carbonyl (C=O) groups is 1. The molecule has 0 aliphatic carbocycles. The summed E-state index contributed by atoms with van der Waals surface area (Å²) in [4.78, 5) is 25.5. The normalized spacial score (nSPS) is 22.3. The van der Waals surface area contributed by atoms with Gasteiger partial charge in [0.2, 0.25) is 0 Å². The van der Waals surface area contributed by atoms with Gasteiger partial charge in [-0.1, -0.05) is 0 Å². The monoisotopic (exact) mass is 193 g/mol. The fraction of sp³-hybridized carbons (Fsp3) is 0.400. The molecule has 1 aromatic heterocycles. The van der Waals surface area contributed by atoms with Crippen LogP contribution in [0.4, 0.5) is 0 Å². The Labute approximate surface area is 80.9 Å². The molecule has 2 rings (SSSR count). The Kier molecular flexibility index (Phi) is 2.45. The predicted octanol–water partition coefficient (Wildman–Crippen LogP) is 0.448. The van der Waals surface area contributed by atoms with Gasteiger partial charge in [-0.2, -0.15) is 0 Å². The molecule has 0 spiro atoms. The lowest BCUT2D eigenvalue weighted by Gasteiger charge is -2.20. The second-order valence-electron chi connectivity index (χ2n) is 3.32. The molecule has 0 saturated carbocycles. The summed E-state index contributed by atoms with van der Waals surface area (Å²) in [5, 5.41) is 0. The van der Waals surface area contributed by atoms with E-state index in [4.69, 9.17) is 4.74 Å². The number of ketones is 1. The van der Waals surface area contributed by atoms with Crippen LogP contribution in [0.3, 0.4) is 0 Å². The second kappa shape index (κ2) is 3.75. The topological polar surface area (TPSA) is 59.2 Å². The van der Waals surface area contributed by atoms with Gasteiger partial charge in [0.15, 0.2) is 5.43 Å². The summed E-state index contributed by atoms with van der Waals surface area (Å²) in [6.07, 6.45) is 1.99. The summed E-state index contributed by atoms with van der Waals surface area (Å²) in [6, 6.07) is 2.88. The van der Waals surface area contributed by atoms with Crippen LogP contribution in [0, 0.1) is 0 Å². The van der Waals surface area contributed by atoms with Crippen molar-refractivity contribution < 1.29 is 9.53 Å². The van der Waals surface area contributed by atoms with Crippen LogP contribution in [0.1, 0.15) is 18.0 Å². The average molecular weight is 193 g/mol. The highest BCUT2D eigenvalue weighted by Crippen LogP contribution is 2.19. The molecule has 14 heavy (non-hydrogen) atoms. The summed E-state index contributed by atoms with van der Waals surface area (Å²) in [6.45, 7) is 0.866. The Balaban J connectivity index is 2.29. The first-order valence-corrected chi connectivity index (χ1v) is 4.56. The van der Waals surface area contributed by atoms with Gasteiger partial charge in [0.25, 0.3) is 0 Å². The van der Waals surface area contributed by atoms with E-state index in [-0.39, 0.29) is 17.1 Å². The molecule has 0 radical (unpaired) electrons. The van der Waals surface area contributed by atoms with Crippen LogP contribution in [0.2, 0.25) is 0 Å². The maximum Gasteiger partial charge on any atom is 0.181 e. The van der Waals surface area contributed by atoms with E-state index in [0.717, 1.165) is 0 Å². The summed E-state index contributed by atoms with van der Waals surface area (Å²) in [5.41, 5.74) is 0.569. The highest BCUT2D eigenvalue weighted by Gasteiger charge is 2.24. The maximum atomic E-state index is 11.5. The van der Waals surface area contributed by atoms with Gasteiger partial charge in [-0.15, -0.1) is 0 Å². The smallest absolute Gasteiger partial charge is 0.181 e. The standard InChI is InChI=1S/C10H11NO3/c12-7-1-3-11-9(5-7)8-6-14-4-2-10(8)13/h1,3,5,8H,2,4,6H2,(H,11,12). The highest BCUT2D eigenvalue weighted by molar-refractivity contribution is 5.86. The van der Waals surface area contributed by atoms with Crippen molar-refractivity contribution in [3.8, 4) is 0 Å². The SMILES string of the molecule is O=C1CCOCC1c1cc(=O)cc[nH]1. The summed E-state index contributed by atoms with van der Waals surface area (Å²) < 4.78 is 5.20. The lowest BCUT2D eigenvalue weighted by atomic mass is 9.96. The Hall–Kier alpha value is -1.42. The van der Waals surface area contributed by atoms with Crippen molar-refractivity contribution in [1.29, 1.82) is 0 Å². The number of hydrogen-bond acceptors (Lipinski definition) is 3. The van der Waals surface area contributed by atoms with Crippen molar-refractivity contribution in [2.45, 2.75) is 12.3 Å². The van der Waals surface area contributed by atoms with Crippen LogP contribution in [-0.2, 0) is 9.53 Å². The molecule has 1 atom stereocenters. The van der Waals surface area contributed by atoms with Gasteiger partial charge in [-0.3, -0.25) is 9.59 Å². The van der Waals surface area contributed by atoms with Gasteiger partial charge in [-0.25, -0.2) is 0 Å². The number of carbonyl (C=O) groups excluding carboxylic acids is 1. The van der Waals surface area contributed by atoms with Gasteiger partial charge in [-0.05, 0) is 0 Å². The molecule has 4 nitrogen and oxygen atoms in total. The fourth-order valence-corrected chi connectivity index (χ4v) is 1.57.